The zero-order valence-corrected chi connectivity index (χ0v) is 20.1. The van der Waals surface area contributed by atoms with Gasteiger partial charge in [-0.3, -0.25) is 4.99 Å². The number of guanidine groups is 1. The molecule has 27 heavy (non-hydrogen) atoms. The van der Waals surface area contributed by atoms with Crippen LogP contribution in [0.1, 0.15) is 72.1 Å². The van der Waals surface area contributed by atoms with Crippen molar-refractivity contribution in [3.8, 4) is 0 Å². The highest BCUT2D eigenvalue weighted by Gasteiger charge is 2.31. The van der Waals surface area contributed by atoms with Gasteiger partial charge in [0.25, 0.3) is 0 Å². The van der Waals surface area contributed by atoms with Crippen molar-refractivity contribution >= 4 is 29.9 Å². The minimum Gasteiger partial charge on any atom is -0.396 e. The Labute approximate surface area is 184 Å². The fraction of sp³-hybridized carbons (Fsp3) is 0.952. The lowest BCUT2D eigenvalue weighted by atomic mass is 9.72. The largest absolute Gasteiger partial charge is 0.396 e. The van der Waals surface area contributed by atoms with Crippen LogP contribution in [0.4, 0.5) is 0 Å². The summed E-state index contributed by atoms with van der Waals surface area (Å²) in [6.45, 7) is 12.2. The monoisotopic (exact) mass is 494 g/mol. The number of likely N-dealkylation sites (tertiary alicyclic amines) is 1. The van der Waals surface area contributed by atoms with Gasteiger partial charge in [0.15, 0.2) is 5.96 Å². The van der Waals surface area contributed by atoms with Crippen LogP contribution in [-0.2, 0) is 0 Å². The first kappa shape index (κ1) is 25.0. The second-order valence-corrected chi connectivity index (χ2v) is 8.71. The number of aliphatic imine (C=N–C) groups is 1. The smallest absolute Gasteiger partial charge is 0.191 e. The molecule has 3 N–H and O–H groups in total. The molecule has 1 heterocycles. The third-order valence-electron chi connectivity index (χ3n) is 6.31. The molecule has 2 fully saturated rings. The molecule has 0 aromatic heterocycles. The van der Waals surface area contributed by atoms with Gasteiger partial charge < -0.3 is 20.6 Å². The Morgan fingerprint density at radius 3 is 2.56 bits per heavy atom. The molecule has 0 radical (unpaired) electrons. The molecule has 6 heteroatoms. The molecular weight excluding hydrogens is 451 g/mol. The Morgan fingerprint density at radius 1 is 1.19 bits per heavy atom. The average Bonchev–Trinajstić information content (AvgIpc) is 2.65. The fourth-order valence-electron chi connectivity index (χ4n) is 4.59. The Morgan fingerprint density at radius 2 is 1.93 bits per heavy atom. The standard InChI is InChI=1S/C21H42N4O.HI/c1-4-22-20(23-15-19-9-8-13-25(16-19)18(2)3)24-17-21(12-14-26)10-6-5-7-11-21;/h18-19,26H,4-17H2,1-3H3,(H2,22,23,24);1H. The highest BCUT2D eigenvalue weighted by Crippen LogP contribution is 2.39. The van der Waals surface area contributed by atoms with Gasteiger partial charge in [0.05, 0.1) is 0 Å². The summed E-state index contributed by atoms with van der Waals surface area (Å²) >= 11 is 0. The van der Waals surface area contributed by atoms with Gasteiger partial charge in [0, 0.05) is 38.8 Å². The summed E-state index contributed by atoms with van der Waals surface area (Å²) < 4.78 is 0. The van der Waals surface area contributed by atoms with Gasteiger partial charge in [-0.1, -0.05) is 19.3 Å². The Hall–Kier alpha value is -0.0800. The number of hydrogen-bond acceptors (Lipinski definition) is 3. The van der Waals surface area contributed by atoms with Gasteiger partial charge in [0.2, 0.25) is 0 Å². The van der Waals surface area contributed by atoms with Gasteiger partial charge in [0.1, 0.15) is 0 Å². The number of aliphatic hydroxyl groups is 1. The van der Waals surface area contributed by atoms with Crippen molar-refractivity contribution in [1.29, 1.82) is 0 Å². The minimum atomic E-state index is 0. The quantitative estimate of drug-likeness (QED) is 0.274. The third-order valence-corrected chi connectivity index (χ3v) is 6.31. The maximum absolute atomic E-state index is 9.51. The van der Waals surface area contributed by atoms with Crippen LogP contribution >= 0.6 is 24.0 Å². The summed E-state index contributed by atoms with van der Waals surface area (Å²) in [5.41, 5.74) is 0.217. The van der Waals surface area contributed by atoms with Crippen molar-refractivity contribution in [3.05, 3.63) is 0 Å². The van der Waals surface area contributed by atoms with Crippen molar-refractivity contribution in [2.75, 3.05) is 39.3 Å². The SMILES string of the molecule is CCNC(=NCC1(CCO)CCCCC1)NCC1CCCN(C(C)C)C1.I. The Balaban J connectivity index is 0.00000364. The predicted molar refractivity (Wildman–Crippen MR) is 126 cm³/mol. The van der Waals surface area contributed by atoms with E-state index in [9.17, 15) is 5.11 Å². The molecule has 0 bridgehead atoms. The molecule has 1 aliphatic heterocycles. The van der Waals surface area contributed by atoms with Gasteiger partial charge >= 0.3 is 0 Å². The van der Waals surface area contributed by atoms with Crippen molar-refractivity contribution in [1.82, 2.24) is 15.5 Å². The molecule has 1 saturated carbocycles. The first-order chi connectivity index (χ1) is 12.6. The van der Waals surface area contributed by atoms with Crippen molar-refractivity contribution in [2.45, 2.75) is 78.2 Å². The molecule has 0 aromatic rings. The Kier molecular flexibility index (Phi) is 12.2. The van der Waals surface area contributed by atoms with E-state index in [-0.39, 0.29) is 36.0 Å². The van der Waals surface area contributed by atoms with E-state index >= 15 is 0 Å². The molecule has 1 aliphatic carbocycles. The zero-order chi connectivity index (χ0) is 18.8. The second-order valence-electron chi connectivity index (χ2n) is 8.71. The number of nitrogens with zero attached hydrogens (tertiary/aromatic N) is 2. The second kappa shape index (κ2) is 13.2. The van der Waals surface area contributed by atoms with E-state index in [1.54, 1.807) is 0 Å². The third kappa shape index (κ3) is 8.44. The summed E-state index contributed by atoms with van der Waals surface area (Å²) in [6, 6.07) is 0.643. The van der Waals surface area contributed by atoms with E-state index in [2.05, 4.69) is 36.3 Å². The van der Waals surface area contributed by atoms with Gasteiger partial charge in [-0.25, -0.2) is 0 Å². The molecule has 0 aromatic carbocycles. The van der Waals surface area contributed by atoms with E-state index in [0.717, 1.165) is 32.0 Å². The van der Waals surface area contributed by atoms with E-state index in [4.69, 9.17) is 4.99 Å². The highest BCUT2D eigenvalue weighted by molar-refractivity contribution is 14.0. The fourth-order valence-corrected chi connectivity index (χ4v) is 4.59. The molecule has 1 atom stereocenters. The molecule has 0 spiro atoms. The minimum absolute atomic E-state index is 0. The molecule has 2 rings (SSSR count). The number of rotatable bonds is 8. The van der Waals surface area contributed by atoms with Crippen LogP contribution in [-0.4, -0.2) is 61.3 Å². The van der Waals surface area contributed by atoms with E-state index < -0.39 is 0 Å². The summed E-state index contributed by atoms with van der Waals surface area (Å²) in [7, 11) is 0. The Bertz CT molecular complexity index is 419. The molecular formula is C21H43IN4O. The van der Waals surface area contributed by atoms with Crippen LogP contribution in [0.25, 0.3) is 0 Å². The van der Waals surface area contributed by atoms with Crippen LogP contribution in [0, 0.1) is 11.3 Å². The number of nitrogens with one attached hydrogen (secondary N) is 2. The lowest BCUT2D eigenvalue weighted by Crippen LogP contribution is -2.46. The summed E-state index contributed by atoms with van der Waals surface area (Å²) in [5.74, 6) is 1.66. The zero-order valence-electron chi connectivity index (χ0n) is 17.8. The van der Waals surface area contributed by atoms with Gasteiger partial charge in [-0.05, 0) is 70.8 Å². The van der Waals surface area contributed by atoms with Crippen LogP contribution in [0.5, 0.6) is 0 Å². The van der Waals surface area contributed by atoms with Crippen LogP contribution in [0.3, 0.4) is 0 Å². The van der Waals surface area contributed by atoms with Crippen molar-refractivity contribution < 1.29 is 5.11 Å². The average molecular weight is 495 g/mol. The van der Waals surface area contributed by atoms with Gasteiger partial charge in [-0.15, -0.1) is 24.0 Å². The highest BCUT2D eigenvalue weighted by atomic mass is 127. The summed E-state index contributed by atoms with van der Waals surface area (Å²) in [6.07, 6.45) is 9.83. The maximum Gasteiger partial charge on any atom is 0.191 e. The lowest BCUT2D eigenvalue weighted by molar-refractivity contribution is 0.136. The van der Waals surface area contributed by atoms with Crippen LogP contribution < -0.4 is 10.6 Å². The van der Waals surface area contributed by atoms with E-state index in [1.807, 2.05) is 0 Å². The first-order valence-corrected chi connectivity index (χ1v) is 11.0. The first-order valence-electron chi connectivity index (χ1n) is 11.0. The molecule has 160 valence electrons. The van der Waals surface area contributed by atoms with Gasteiger partial charge in [-0.2, -0.15) is 0 Å². The normalized spacial score (nSPS) is 23.7. The number of piperidine rings is 1. The van der Waals surface area contributed by atoms with Crippen LogP contribution in [0.2, 0.25) is 0 Å². The molecule has 1 unspecified atom stereocenters. The molecule has 5 nitrogen and oxygen atoms in total. The topological polar surface area (TPSA) is 59.9 Å². The predicted octanol–water partition coefficient (Wildman–Crippen LogP) is 3.61. The number of aliphatic hydroxyl groups excluding tert-OH is 1. The molecule has 1 saturated heterocycles. The summed E-state index contributed by atoms with van der Waals surface area (Å²) in [4.78, 5) is 7.53. The van der Waals surface area contributed by atoms with Crippen molar-refractivity contribution in [2.24, 2.45) is 16.3 Å². The van der Waals surface area contributed by atoms with E-state index in [1.165, 1.54) is 58.0 Å². The lowest BCUT2D eigenvalue weighted by Gasteiger charge is -2.36. The molecule has 0 amide bonds. The summed E-state index contributed by atoms with van der Waals surface area (Å²) in [5, 5.41) is 16.5. The number of halogens is 1. The number of hydrogen-bond donors (Lipinski definition) is 3. The molecule has 2 aliphatic rings. The van der Waals surface area contributed by atoms with Crippen molar-refractivity contribution in [3.63, 3.8) is 0 Å². The van der Waals surface area contributed by atoms with E-state index in [0.29, 0.717) is 12.0 Å². The maximum atomic E-state index is 9.51. The van der Waals surface area contributed by atoms with Crippen LogP contribution in [0.15, 0.2) is 4.99 Å².